The van der Waals surface area contributed by atoms with Crippen molar-refractivity contribution in [3.63, 3.8) is 0 Å². The van der Waals surface area contributed by atoms with Crippen molar-refractivity contribution >= 4 is 12.4 Å². The van der Waals surface area contributed by atoms with E-state index in [4.69, 9.17) is 0 Å². The van der Waals surface area contributed by atoms with Crippen molar-refractivity contribution in [1.82, 2.24) is 10.6 Å². The van der Waals surface area contributed by atoms with Gasteiger partial charge in [0.25, 0.3) is 0 Å². The molecule has 1 aliphatic heterocycles. The summed E-state index contributed by atoms with van der Waals surface area (Å²) in [5.41, 5.74) is 0. The van der Waals surface area contributed by atoms with Crippen LogP contribution < -0.4 is 10.6 Å². The fraction of sp³-hybridized carbons (Fsp3) is 1.00. The molecular weight excluding hydrogens is 148 g/mol. The van der Waals surface area contributed by atoms with Crippen LogP contribution in [0.4, 0.5) is 0 Å². The van der Waals surface area contributed by atoms with Gasteiger partial charge in [-0.25, -0.2) is 0 Å². The van der Waals surface area contributed by atoms with Crippen molar-refractivity contribution in [2.24, 2.45) is 0 Å². The van der Waals surface area contributed by atoms with Gasteiger partial charge in [0.1, 0.15) is 0 Å². The smallest absolute Gasteiger partial charge is 0.0190 e. The summed E-state index contributed by atoms with van der Waals surface area (Å²) < 4.78 is 0. The van der Waals surface area contributed by atoms with E-state index in [1.807, 2.05) is 0 Å². The molecule has 0 spiro atoms. The Morgan fingerprint density at radius 2 is 2.00 bits per heavy atom. The third-order valence-corrected chi connectivity index (χ3v) is 1.92. The van der Waals surface area contributed by atoms with Crippen LogP contribution in [0.15, 0.2) is 0 Å². The second kappa shape index (κ2) is 4.94. The first-order chi connectivity index (χ1) is 4.33. The van der Waals surface area contributed by atoms with Crippen molar-refractivity contribution < 1.29 is 0 Å². The zero-order valence-electron chi connectivity index (χ0n) is 6.68. The SMILES string of the molecule is CCC1CNC(C)CN1.Cl. The number of hydrogen-bond acceptors (Lipinski definition) is 2. The molecule has 62 valence electrons. The van der Waals surface area contributed by atoms with Crippen LogP contribution in [0.5, 0.6) is 0 Å². The van der Waals surface area contributed by atoms with E-state index in [1.54, 1.807) is 0 Å². The van der Waals surface area contributed by atoms with Gasteiger partial charge in [-0.2, -0.15) is 0 Å². The third kappa shape index (κ3) is 2.86. The van der Waals surface area contributed by atoms with Crippen molar-refractivity contribution in [1.29, 1.82) is 0 Å². The van der Waals surface area contributed by atoms with Crippen LogP contribution in [0, 0.1) is 0 Å². The average Bonchev–Trinajstić information content (AvgIpc) is 1.90. The molecule has 0 saturated carbocycles. The highest BCUT2D eigenvalue weighted by molar-refractivity contribution is 5.85. The van der Waals surface area contributed by atoms with E-state index < -0.39 is 0 Å². The Labute approximate surface area is 69.2 Å². The summed E-state index contributed by atoms with van der Waals surface area (Å²) in [7, 11) is 0. The molecule has 2 nitrogen and oxygen atoms in total. The lowest BCUT2D eigenvalue weighted by atomic mass is 10.1. The molecule has 0 radical (unpaired) electrons. The summed E-state index contributed by atoms with van der Waals surface area (Å²) in [5.74, 6) is 0. The molecule has 0 aromatic heterocycles. The Kier molecular flexibility index (Phi) is 5.04. The predicted molar refractivity (Wildman–Crippen MR) is 46.8 cm³/mol. The molecule has 10 heavy (non-hydrogen) atoms. The van der Waals surface area contributed by atoms with E-state index in [9.17, 15) is 0 Å². The Morgan fingerprint density at radius 3 is 2.40 bits per heavy atom. The van der Waals surface area contributed by atoms with E-state index in [0.29, 0.717) is 12.1 Å². The van der Waals surface area contributed by atoms with Crippen LogP contribution >= 0.6 is 12.4 Å². The molecule has 2 atom stereocenters. The highest BCUT2D eigenvalue weighted by Crippen LogP contribution is 1.95. The highest BCUT2D eigenvalue weighted by atomic mass is 35.5. The largest absolute Gasteiger partial charge is 0.311 e. The fourth-order valence-electron chi connectivity index (χ4n) is 1.12. The van der Waals surface area contributed by atoms with Gasteiger partial charge in [-0.05, 0) is 13.3 Å². The summed E-state index contributed by atoms with van der Waals surface area (Å²) in [6, 6.07) is 1.37. The molecule has 1 rings (SSSR count). The van der Waals surface area contributed by atoms with Gasteiger partial charge in [0.05, 0.1) is 0 Å². The summed E-state index contributed by atoms with van der Waals surface area (Å²) in [5, 5.41) is 6.88. The van der Waals surface area contributed by atoms with Gasteiger partial charge in [-0.3, -0.25) is 0 Å². The number of piperazine rings is 1. The van der Waals surface area contributed by atoms with Crippen molar-refractivity contribution in [2.75, 3.05) is 13.1 Å². The van der Waals surface area contributed by atoms with Crippen LogP contribution in [-0.2, 0) is 0 Å². The van der Waals surface area contributed by atoms with Crippen LogP contribution in [0.1, 0.15) is 20.3 Å². The molecular formula is C7H17ClN2. The quantitative estimate of drug-likeness (QED) is 0.599. The third-order valence-electron chi connectivity index (χ3n) is 1.92. The topological polar surface area (TPSA) is 24.1 Å². The van der Waals surface area contributed by atoms with E-state index in [-0.39, 0.29) is 12.4 Å². The summed E-state index contributed by atoms with van der Waals surface area (Å²) in [6.45, 7) is 6.68. The molecule has 2 unspecified atom stereocenters. The first kappa shape index (κ1) is 10.2. The minimum absolute atomic E-state index is 0. The van der Waals surface area contributed by atoms with E-state index in [0.717, 1.165) is 13.1 Å². The normalized spacial score (nSPS) is 33.0. The zero-order chi connectivity index (χ0) is 6.69. The second-order valence-corrected chi connectivity index (χ2v) is 2.82. The van der Waals surface area contributed by atoms with Crippen LogP contribution in [0.3, 0.4) is 0 Å². The lowest BCUT2D eigenvalue weighted by Crippen LogP contribution is -2.52. The molecule has 1 fully saturated rings. The number of hydrogen-bond donors (Lipinski definition) is 2. The first-order valence-electron chi connectivity index (χ1n) is 3.79. The van der Waals surface area contributed by atoms with Crippen LogP contribution in [-0.4, -0.2) is 25.2 Å². The van der Waals surface area contributed by atoms with Crippen molar-refractivity contribution in [3.05, 3.63) is 0 Å². The van der Waals surface area contributed by atoms with Gasteiger partial charge < -0.3 is 10.6 Å². The number of nitrogens with one attached hydrogen (secondary N) is 2. The molecule has 3 heteroatoms. The van der Waals surface area contributed by atoms with Gasteiger partial charge in [0.2, 0.25) is 0 Å². The molecule has 0 aromatic rings. The maximum absolute atomic E-state index is 3.46. The van der Waals surface area contributed by atoms with Crippen molar-refractivity contribution in [3.8, 4) is 0 Å². The van der Waals surface area contributed by atoms with Gasteiger partial charge in [-0.1, -0.05) is 6.92 Å². The van der Waals surface area contributed by atoms with E-state index in [2.05, 4.69) is 24.5 Å². The maximum Gasteiger partial charge on any atom is 0.0190 e. The number of rotatable bonds is 1. The first-order valence-corrected chi connectivity index (χ1v) is 3.79. The van der Waals surface area contributed by atoms with Crippen molar-refractivity contribution in [2.45, 2.75) is 32.4 Å². The Balaban J connectivity index is 0.000000810. The second-order valence-electron chi connectivity index (χ2n) is 2.82. The lowest BCUT2D eigenvalue weighted by Gasteiger charge is -2.28. The molecule has 1 saturated heterocycles. The van der Waals surface area contributed by atoms with Crippen LogP contribution in [0.2, 0.25) is 0 Å². The van der Waals surface area contributed by atoms with Gasteiger partial charge in [0, 0.05) is 25.2 Å². The Bertz CT molecular complexity index is 79.7. The van der Waals surface area contributed by atoms with E-state index >= 15 is 0 Å². The lowest BCUT2D eigenvalue weighted by molar-refractivity contribution is 0.354. The molecule has 2 N–H and O–H groups in total. The minimum Gasteiger partial charge on any atom is -0.311 e. The standard InChI is InChI=1S/C7H16N2.ClH/c1-3-7-5-8-6(2)4-9-7;/h6-9H,3-5H2,1-2H3;1H. The molecule has 0 aromatic carbocycles. The molecule has 0 aliphatic carbocycles. The summed E-state index contributed by atoms with van der Waals surface area (Å²) in [4.78, 5) is 0. The van der Waals surface area contributed by atoms with Gasteiger partial charge in [-0.15, -0.1) is 12.4 Å². The average molecular weight is 165 g/mol. The molecule has 1 heterocycles. The van der Waals surface area contributed by atoms with Gasteiger partial charge in [0.15, 0.2) is 0 Å². The van der Waals surface area contributed by atoms with E-state index in [1.165, 1.54) is 6.42 Å². The molecule has 0 bridgehead atoms. The summed E-state index contributed by atoms with van der Waals surface area (Å²) in [6.07, 6.45) is 1.24. The minimum atomic E-state index is 0. The maximum atomic E-state index is 3.46. The van der Waals surface area contributed by atoms with Gasteiger partial charge >= 0.3 is 0 Å². The Morgan fingerprint density at radius 1 is 1.30 bits per heavy atom. The Hall–Kier alpha value is 0.210. The molecule has 1 aliphatic rings. The predicted octanol–water partition coefficient (Wildman–Crippen LogP) is 0.768. The summed E-state index contributed by atoms with van der Waals surface area (Å²) >= 11 is 0. The number of halogens is 1. The molecule has 0 amide bonds. The van der Waals surface area contributed by atoms with Crippen LogP contribution in [0.25, 0.3) is 0 Å². The zero-order valence-corrected chi connectivity index (χ0v) is 7.50. The fourth-order valence-corrected chi connectivity index (χ4v) is 1.12. The highest BCUT2D eigenvalue weighted by Gasteiger charge is 2.13. The monoisotopic (exact) mass is 164 g/mol.